The van der Waals surface area contributed by atoms with Crippen LogP contribution in [-0.2, 0) is 16.1 Å². The predicted octanol–water partition coefficient (Wildman–Crippen LogP) is 2.18. The van der Waals surface area contributed by atoms with Crippen molar-refractivity contribution in [1.82, 2.24) is 4.90 Å². The standard InChI is InChI=1S/C14H15NO3/c16-10-8-13-7-4-9-15(13)14(17)18-11-12-5-2-1-3-6-12/h1-3,5-6,8,13H,4,7,9,11H2. The maximum atomic E-state index is 11.9. The zero-order valence-electron chi connectivity index (χ0n) is 10.0. The molecule has 94 valence electrons. The quantitative estimate of drug-likeness (QED) is 0.767. The molecule has 1 aromatic rings. The molecule has 1 fully saturated rings. The Kier molecular flexibility index (Phi) is 4.15. The van der Waals surface area contributed by atoms with Crippen molar-refractivity contribution in [3.8, 4) is 0 Å². The molecule has 0 spiro atoms. The zero-order valence-corrected chi connectivity index (χ0v) is 10.0. The van der Waals surface area contributed by atoms with E-state index in [-0.39, 0.29) is 18.7 Å². The van der Waals surface area contributed by atoms with Gasteiger partial charge in [0.1, 0.15) is 12.5 Å². The Hall–Kier alpha value is -2.06. The molecule has 1 aliphatic heterocycles. The number of benzene rings is 1. The highest BCUT2D eigenvalue weighted by Crippen LogP contribution is 2.19. The van der Waals surface area contributed by atoms with Crippen molar-refractivity contribution >= 4 is 12.0 Å². The van der Waals surface area contributed by atoms with Crippen LogP contribution in [0.1, 0.15) is 18.4 Å². The van der Waals surface area contributed by atoms with Crippen molar-refractivity contribution < 1.29 is 14.3 Å². The molecule has 18 heavy (non-hydrogen) atoms. The molecule has 1 aliphatic rings. The molecule has 1 unspecified atom stereocenters. The van der Waals surface area contributed by atoms with Crippen molar-refractivity contribution in [3.05, 3.63) is 42.0 Å². The van der Waals surface area contributed by atoms with Crippen LogP contribution in [0.4, 0.5) is 4.79 Å². The minimum Gasteiger partial charge on any atom is -0.445 e. The third kappa shape index (κ3) is 2.99. The molecule has 4 heteroatoms. The summed E-state index contributed by atoms with van der Waals surface area (Å²) < 4.78 is 5.23. The molecular formula is C14H15NO3. The topological polar surface area (TPSA) is 46.6 Å². The normalized spacial score (nSPS) is 18.2. The van der Waals surface area contributed by atoms with E-state index in [1.807, 2.05) is 30.3 Å². The number of carbonyl (C=O) groups excluding carboxylic acids is 2. The lowest BCUT2D eigenvalue weighted by atomic mass is 10.2. The number of hydrogen-bond donors (Lipinski definition) is 0. The van der Waals surface area contributed by atoms with Gasteiger partial charge in [-0.15, -0.1) is 0 Å². The van der Waals surface area contributed by atoms with Gasteiger partial charge in [-0.3, -0.25) is 0 Å². The number of rotatable bonds is 3. The van der Waals surface area contributed by atoms with Gasteiger partial charge >= 0.3 is 6.09 Å². The van der Waals surface area contributed by atoms with Crippen molar-refractivity contribution in [3.63, 3.8) is 0 Å². The summed E-state index contributed by atoms with van der Waals surface area (Å²) in [5.74, 6) is 1.74. The van der Waals surface area contributed by atoms with Crippen LogP contribution in [0.25, 0.3) is 0 Å². The first-order chi connectivity index (χ1) is 8.81. The van der Waals surface area contributed by atoms with Crippen LogP contribution >= 0.6 is 0 Å². The van der Waals surface area contributed by atoms with Crippen molar-refractivity contribution in [2.75, 3.05) is 6.54 Å². The van der Waals surface area contributed by atoms with Gasteiger partial charge in [0.15, 0.2) is 0 Å². The maximum absolute atomic E-state index is 11.9. The van der Waals surface area contributed by atoms with Crippen LogP contribution in [0.5, 0.6) is 0 Å². The molecule has 0 saturated carbocycles. The Bertz CT molecular complexity index is 451. The fourth-order valence-corrected chi connectivity index (χ4v) is 2.07. The van der Waals surface area contributed by atoms with E-state index in [1.54, 1.807) is 10.8 Å². The maximum Gasteiger partial charge on any atom is 0.410 e. The molecule has 1 aromatic carbocycles. The molecule has 1 atom stereocenters. The second-order valence-corrected chi connectivity index (χ2v) is 4.23. The molecule has 0 radical (unpaired) electrons. The second kappa shape index (κ2) is 6.03. The van der Waals surface area contributed by atoms with E-state index in [4.69, 9.17) is 4.74 Å². The van der Waals surface area contributed by atoms with E-state index in [2.05, 4.69) is 0 Å². The molecule has 0 bridgehead atoms. The largest absolute Gasteiger partial charge is 0.445 e. The van der Waals surface area contributed by atoms with Crippen LogP contribution in [0.15, 0.2) is 36.4 Å². The van der Waals surface area contributed by atoms with Crippen LogP contribution in [0.2, 0.25) is 0 Å². The summed E-state index contributed by atoms with van der Waals surface area (Å²) in [6.45, 7) is 0.893. The molecule has 0 N–H and O–H groups in total. The van der Waals surface area contributed by atoms with E-state index < -0.39 is 0 Å². The first-order valence-corrected chi connectivity index (χ1v) is 5.99. The van der Waals surface area contributed by atoms with E-state index in [9.17, 15) is 9.59 Å². The molecular weight excluding hydrogens is 230 g/mol. The van der Waals surface area contributed by atoms with Gasteiger partial charge in [0.2, 0.25) is 0 Å². The third-order valence-corrected chi connectivity index (χ3v) is 3.00. The van der Waals surface area contributed by atoms with E-state index >= 15 is 0 Å². The summed E-state index contributed by atoms with van der Waals surface area (Å²) in [7, 11) is 0. The average molecular weight is 245 g/mol. The number of ether oxygens (including phenoxy) is 1. The first kappa shape index (κ1) is 12.4. The highest BCUT2D eigenvalue weighted by Gasteiger charge is 2.28. The number of likely N-dealkylation sites (tertiary alicyclic amines) is 1. The predicted molar refractivity (Wildman–Crippen MR) is 66.6 cm³/mol. The summed E-state index contributed by atoms with van der Waals surface area (Å²) in [4.78, 5) is 23.8. The second-order valence-electron chi connectivity index (χ2n) is 4.23. The smallest absolute Gasteiger partial charge is 0.410 e. The Morgan fingerprint density at radius 3 is 2.94 bits per heavy atom. The van der Waals surface area contributed by atoms with Gasteiger partial charge in [0.25, 0.3) is 0 Å². The fourth-order valence-electron chi connectivity index (χ4n) is 2.07. The van der Waals surface area contributed by atoms with Gasteiger partial charge in [-0.05, 0) is 18.4 Å². The SMILES string of the molecule is O=C=CC1CCCN1C(=O)OCc1ccccc1. The average Bonchev–Trinajstić information content (AvgIpc) is 2.86. The minimum absolute atomic E-state index is 0.161. The van der Waals surface area contributed by atoms with Crippen molar-refractivity contribution in [1.29, 1.82) is 0 Å². The lowest BCUT2D eigenvalue weighted by Crippen LogP contribution is -2.34. The van der Waals surface area contributed by atoms with Gasteiger partial charge < -0.3 is 9.64 Å². The van der Waals surface area contributed by atoms with Crippen LogP contribution < -0.4 is 0 Å². The van der Waals surface area contributed by atoms with E-state index in [0.29, 0.717) is 6.54 Å². The third-order valence-electron chi connectivity index (χ3n) is 3.00. The van der Waals surface area contributed by atoms with Gasteiger partial charge in [0, 0.05) is 12.6 Å². The lowest BCUT2D eigenvalue weighted by Gasteiger charge is -2.20. The molecule has 0 aromatic heterocycles. The number of nitrogens with zero attached hydrogens (tertiary/aromatic N) is 1. The first-order valence-electron chi connectivity index (χ1n) is 5.99. The number of amides is 1. The lowest BCUT2D eigenvalue weighted by molar-refractivity contribution is 0.0976. The monoisotopic (exact) mass is 245 g/mol. The summed E-state index contributed by atoms with van der Waals surface area (Å²) in [5.41, 5.74) is 0.951. The Labute approximate surface area is 106 Å². The van der Waals surface area contributed by atoms with E-state index in [1.165, 1.54) is 6.08 Å². The van der Waals surface area contributed by atoms with Crippen molar-refractivity contribution in [2.24, 2.45) is 0 Å². The Morgan fingerprint density at radius 2 is 2.22 bits per heavy atom. The van der Waals surface area contributed by atoms with Crippen LogP contribution in [-0.4, -0.2) is 29.5 Å². The van der Waals surface area contributed by atoms with Crippen LogP contribution in [0, 0.1) is 0 Å². The van der Waals surface area contributed by atoms with Gasteiger partial charge in [-0.1, -0.05) is 30.3 Å². The molecule has 1 saturated heterocycles. The molecule has 1 amide bonds. The van der Waals surface area contributed by atoms with Crippen LogP contribution in [0.3, 0.4) is 0 Å². The Morgan fingerprint density at radius 1 is 1.44 bits per heavy atom. The number of carbonyl (C=O) groups is 1. The van der Waals surface area contributed by atoms with Gasteiger partial charge in [-0.25, -0.2) is 9.59 Å². The summed E-state index contributed by atoms with van der Waals surface area (Å²) in [6, 6.07) is 9.36. The molecule has 2 rings (SSSR count). The Balaban J connectivity index is 1.90. The summed E-state index contributed by atoms with van der Waals surface area (Å²) >= 11 is 0. The van der Waals surface area contributed by atoms with Crippen molar-refractivity contribution in [2.45, 2.75) is 25.5 Å². The molecule has 1 heterocycles. The zero-order chi connectivity index (χ0) is 12.8. The molecule has 0 aliphatic carbocycles. The minimum atomic E-state index is -0.368. The highest BCUT2D eigenvalue weighted by atomic mass is 16.6. The summed E-state index contributed by atoms with van der Waals surface area (Å²) in [6.07, 6.45) is 2.71. The number of hydrogen-bond acceptors (Lipinski definition) is 3. The molecule has 4 nitrogen and oxygen atoms in total. The fraction of sp³-hybridized carbons (Fsp3) is 0.357. The van der Waals surface area contributed by atoms with E-state index in [0.717, 1.165) is 18.4 Å². The van der Waals surface area contributed by atoms with Gasteiger partial charge in [0.05, 0.1) is 6.04 Å². The summed E-state index contributed by atoms with van der Waals surface area (Å²) in [5, 5.41) is 0. The highest BCUT2D eigenvalue weighted by molar-refractivity contribution is 5.69. The van der Waals surface area contributed by atoms with Gasteiger partial charge in [-0.2, -0.15) is 0 Å².